The van der Waals surface area contributed by atoms with Gasteiger partial charge in [-0.15, -0.1) is 0 Å². The van der Waals surface area contributed by atoms with Gasteiger partial charge in [-0.25, -0.2) is 4.79 Å². The summed E-state index contributed by atoms with van der Waals surface area (Å²) in [5.74, 6) is -0.431. The molecule has 1 aromatic carbocycles. The van der Waals surface area contributed by atoms with E-state index in [2.05, 4.69) is 37.0 Å². The molecule has 0 spiro atoms. The maximum atomic E-state index is 10.3. The van der Waals surface area contributed by atoms with Gasteiger partial charge < -0.3 is 4.74 Å². The fourth-order valence-corrected chi connectivity index (χ4v) is 0.711. The lowest BCUT2D eigenvalue weighted by Gasteiger charge is -1.92. The molecule has 0 amide bonds. The Morgan fingerprint density at radius 1 is 1.33 bits per heavy atom. The highest BCUT2D eigenvalue weighted by Gasteiger charge is 1.97. The second kappa shape index (κ2) is 7.56. The maximum absolute atomic E-state index is 10.3. The average Bonchev–Trinajstić information content (AvgIpc) is 2.20. The first-order chi connectivity index (χ1) is 7.07. The summed E-state index contributed by atoms with van der Waals surface area (Å²) in [5, 5.41) is 0. The summed E-state index contributed by atoms with van der Waals surface area (Å²) < 4.78 is 4.33. The van der Waals surface area contributed by atoms with Gasteiger partial charge in [-0.2, -0.15) is 0 Å². The SMILES string of the molecule is C=COC(=O)C(=C)C.Cc1ccccc1. The summed E-state index contributed by atoms with van der Waals surface area (Å²) in [6, 6.07) is 10.3. The molecular formula is C13H16O2. The third-order valence-electron chi connectivity index (χ3n) is 1.48. The van der Waals surface area contributed by atoms with Gasteiger partial charge >= 0.3 is 5.97 Å². The number of hydrogen-bond donors (Lipinski definition) is 0. The van der Waals surface area contributed by atoms with Crippen molar-refractivity contribution < 1.29 is 9.53 Å². The molecule has 2 nitrogen and oxygen atoms in total. The molecule has 0 N–H and O–H groups in total. The van der Waals surface area contributed by atoms with Crippen molar-refractivity contribution in [2.45, 2.75) is 13.8 Å². The monoisotopic (exact) mass is 204 g/mol. The zero-order valence-corrected chi connectivity index (χ0v) is 9.19. The lowest BCUT2D eigenvalue weighted by atomic mass is 10.2. The molecule has 0 aliphatic heterocycles. The number of carbonyl (C=O) groups is 1. The van der Waals surface area contributed by atoms with Crippen LogP contribution in [0.2, 0.25) is 0 Å². The van der Waals surface area contributed by atoms with Crippen molar-refractivity contribution in [2.24, 2.45) is 0 Å². The van der Waals surface area contributed by atoms with Crippen molar-refractivity contribution in [1.82, 2.24) is 0 Å². The lowest BCUT2D eigenvalue weighted by molar-refractivity contribution is -0.133. The van der Waals surface area contributed by atoms with Crippen LogP contribution in [0.25, 0.3) is 0 Å². The van der Waals surface area contributed by atoms with E-state index >= 15 is 0 Å². The lowest BCUT2D eigenvalue weighted by Crippen LogP contribution is -1.98. The third-order valence-corrected chi connectivity index (χ3v) is 1.48. The number of hydrogen-bond acceptors (Lipinski definition) is 2. The molecule has 0 heterocycles. The molecule has 0 radical (unpaired) electrons. The van der Waals surface area contributed by atoms with Crippen LogP contribution in [0.5, 0.6) is 0 Å². The largest absolute Gasteiger partial charge is 0.432 e. The van der Waals surface area contributed by atoms with E-state index in [1.165, 1.54) is 5.56 Å². The Labute approximate surface area is 90.9 Å². The second-order valence-electron chi connectivity index (χ2n) is 3.01. The van der Waals surface area contributed by atoms with Crippen molar-refractivity contribution in [3.63, 3.8) is 0 Å². The molecule has 0 aromatic heterocycles. The topological polar surface area (TPSA) is 26.3 Å². The first-order valence-corrected chi connectivity index (χ1v) is 4.57. The molecule has 0 atom stereocenters. The fraction of sp³-hybridized carbons (Fsp3) is 0.154. The summed E-state index contributed by atoms with van der Waals surface area (Å²) in [6.45, 7) is 10.2. The Kier molecular flexibility index (Phi) is 6.64. The Morgan fingerprint density at radius 3 is 2.07 bits per heavy atom. The van der Waals surface area contributed by atoms with Crippen molar-refractivity contribution in [3.05, 3.63) is 60.9 Å². The Hall–Kier alpha value is -1.83. The minimum Gasteiger partial charge on any atom is -0.432 e. The van der Waals surface area contributed by atoms with Crippen LogP contribution in [0.3, 0.4) is 0 Å². The molecular weight excluding hydrogens is 188 g/mol. The molecule has 15 heavy (non-hydrogen) atoms. The minimum atomic E-state index is -0.431. The van der Waals surface area contributed by atoms with Crippen LogP contribution >= 0.6 is 0 Å². The number of carbonyl (C=O) groups excluding carboxylic acids is 1. The zero-order valence-electron chi connectivity index (χ0n) is 9.19. The summed E-state index contributed by atoms with van der Waals surface area (Å²) in [5.41, 5.74) is 1.70. The number of esters is 1. The van der Waals surface area contributed by atoms with E-state index in [0.29, 0.717) is 5.57 Å². The van der Waals surface area contributed by atoms with Crippen molar-refractivity contribution in [3.8, 4) is 0 Å². The van der Waals surface area contributed by atoms with Gasteiger partial charge in [0, 0.05) is 5.57 Å². The summed E-state index contributed by atoms with van der Waals surface area (Å²) >= 11 is 0. The normalized spacial score (nSPS) is 8.13. The van der Waals surface area contributed by atoms with Gasteiger partial charge in [-0.05, 0) is 13.8 Å². The highest BCUT2D eigenvalue weighted by molar-refractivity contribution is 5.87. The average molecular weight is 204 g/mol. The molecule has 1 rings (SSSR count). The van der Waals surface area contributed by atoms with Crippen molar-refractivity contribution >= 4 is 5.97 Å². The quantitative estimate of drug-likeness (QED) is 0.420. The summed E-state index contributed by atoms with van der Waals surface area (Å²) in [4.78, 5) is 10.3. The first-order valence-electron chi connectivity index (χ1n) is 4.57. The van der Waals surface area contributed by atoms with E-state index in [1.807, 2.05) is 18.2 Å². The van der Waals surface area contributed by atoms with Gasteiger partial charge in [0.2, 0.25) is 0 Å². The first kappa shape index (κ1) is 13.2. The number of ether oxygens (including phenoxy) is 1. The van der Waals surface area contributed by atoms with Crippen LogP contribution in [0.15, 0.2) is 55.3 Å². The third kappa shape index (κ3) is 7.26. The van der Waals surface area contributed by atoms with Crippen LogP contribution < -0.4 is 0 Å². The molecule has 0 unspecified atom stereocenters. The van der Waals surface area contributed by atoms with Gasteiger partial charge in [0.1, 0.15) is 0 Å². The predicted molar refractivity (Wildman–Crippen MR) is 62.3 cm³/mol. The van der Waals surface area contributed by atoms with Gasteiger partial charge in [-0.3, -0.25) is 0 Å². The minimum absolute atomic E-state index is 0.380. The van der Waals surface area contributed by atoms with Gasteiger partial charge in [0.05, 0.1) is 6.26 Å². The van der Waals surface area contributed by atoms with Crippen molar-refractivity contribution in [2.75, 3.05) is 0 Å². The number of benzene rings is 1. The van der Waals surface area contributed by atoms with Crippen molar-refractivity contribution in [1.29, 1.82) is 0 Å². The highest BCUT2D eigenvalue weighted by atomic mass is 16.5. The molecule has 80 valence electrons. The summed E-state index contributed by atoms with van der Waals surface area (Å²) in [6.07, 6.45) is 1.08. The molecule has 0 bridgehead atoms. The number of aryl methyl sites for hydroxylation is 1. The van der Waals surface area contributed by atoms with Crippen LogP contribution in [0, 0.1) is 6.92 Å². The van der Waals surface area contributed by atoms with E-state index in [-0.39, 0.29) is 0 Å². The molecule has 2 heteroatoms. The van der Waals surface area contributed by atoms with Gasteiger partial charge in [0.15, 0.2) is 0 Å². The predicted octanol–water partition coefficient (Wildman–Crippen LogP) is 3.24. The zero-order chi connectivity index (χ0) is 11.7. The van der Waals surface area contributed by atoms with Gasteiger partial charge in [0.25, 0.3) is 0 Å². The highest BCUT2D eigenvalue weighted by Crippen LogP contribution is 1.92. The Balaban J connectivity index is 0.000000262. The van der Waals surface area contributed by atoms with Crippen LogP contribution in [-0.2, 0) is 9.53 Å². The van der Waals surface area contributed by atoms with E-state index in [9.17, 15) is 4.79 Å². The summed E-state index contributed by atoms with van der Waals surface area (Å²) in [7, 11) is 0. The standard InChI is InChI=1S/C7H8.C6H8O2/c1-7-5-3-2-4-6-7;1-4-8-6(7)5(2)3/h2-6H,1H3;4H,1-2H2,3H3. The molecule has 1 aromatic rings. The smallest absolute Gasteiger partial charge is 0.337 e. The van der Waals surface area contributed by atoms with E-state index in [1.54, 1.807) is 6.92 Å². The van der Waals surface area contributed by atoms with Crippen LogP contribution in [-0.4, -0.2) is 5.97 Å². The Morgan fingerprint density at radius 2 is 1.87 bits per heavy atom. The van der Waals surface area contributed by atoms with E-state index in [0.717, 1.165) is 6.26 Å². The molecule has 0 aliphatic carbocycles. The van der Waals surface area contributed by atoms with Crippen LogP contribution in [0.1, 0.15) is 12.5 Å². The van der Waals surface area contributed by atoms with Crippen LogP contribution in [0.4, 0.5) is 0 Å². The fourth-order valence-electron chi connectivity index (χ4n) is 0.711. The molecule has 0 aliphatic rings. The molecule has 0 fully saturated rings. The van der Waals surface area contributed by atoms with E-state index in [4.69, 9.17) is 0 Å². The molecule has 0 saturated carbocycles. The maximum Gasteiger partial charge on any atom is 0.337 e. The Bertz CT molecular complexity index is 326. The van der Waals surface area contributed by atoms with Gasteiger partial charge in [-0.1, -0.05) is 49.1 Å². The van der Waals surface area contributed by atoms with E-state index < -0.39 is 5.97 Å². The molecule has 0 saturated heterocycles. The second-order valence-corrected chi connectivity index (χ2v) is 3.01. The number of rotatable bonds is 2.